The lowest BCUT2D eigenvalue weighted by Gasteiger charge is -2.27. The van der Waals surface area contributed by atoms with Crippen molar-refractivity contribution in [2.45, 2.75) is 20.0 Å². The summed E-state index contributed by atoms with van der Waals surface area (Å²) in [6, 6.07) is 12.0. The predicted molar refractivity (Wildman–Crippen MR) is 105 cm³/mol. The van der Waals surface area contributed by atoms with E-state index >= 15 is 0 Å². The lowest BCUT2D eigenvalue weighted by Crippen LogP contribution is -2.36. The molecule has 27 heavy (non-hydrogen) atoms. The van der Waals surface area contributed by atoms with Crippen molar-refractivity contribution < 1.29 is 9.47 Å². The van der Waals surface area contributed by atoms with E-state index in [2.05, 4.69) is 28.1 Å². The number of aromatic amines is 1. The maximum absolute atomic E-state index is 9.32. The molecule has 1 aliphatic heterocycles. The quantitative estimate of drug-likeness (QED) is 0.765. The van der Waals surface area contributed by atoms with E-state index in [1.54, 1.807) is 6.07 Å². The first-order chi connectivity index (χ1) is 13.2. The Bertz CT molecular complexity index is 997. The van der Waals surface area contributed by atoms with Crippen molar-refractivity contribution in [1.29, 1.82) is 5.26 Å². The number of rotatable bonds is 4. The molecule has 0 saturated carbocycles. The minimum atomic E-state index is 0.00747. The molecule has 4 rings (SSSR count). The van der Waals surface area contributed by atoms with Gasteiger partial charge < -0.3 is 19.4 Å². The summed E-state index contributed by atoms with van der Waals surface area (Å²) in [7, 11) is 0. The summed E-state index contributed by atoms with van der Waals surface area (Å²) >= 11 is 0. The molecule has 1 aliphatic rings. The molecule has 1 saturated heterocycles. The van der Waals surface area contributed by atoms with Crippen molar-refractivity contribution in [2.24, 2.45) is 0 Å². The average molecular weight is 362 g/mol. The van der Waals surface area contributed by atoms with Crippen LogP contribution >= 0.6 is 0 Å². The Labute approximate surface area is 158 Å². The molecule has 1 aromatic carbocycles. The van der Waals surface area contributed by atoms with Crippen LogP contribution in [-0.2, 0) is 4.74 Å². The third kappa shape index (κ3) is 3.46. The van der Waals surface area contributed by atoms with Crippen molar-refractivity contribution in [1.82, 2.24) is 9.97 Å². The highest BCUT2D eigenvalue weighted by molar-refractivity contribution is 5.94. The number of H-pyrrole nitrogens is 1. The van der Waals surface area contributed by atoms with Crippen molar-refractivity contribution in [3.05, 3.63) is 42.1 Å². The van der Waals surface area contributed by atoms with Gasteiger partial charge in [-0.15, -0.1) is 0 Å². The number of benzene rings is 1. The van der Waals surface area contributed by atoms with Gasteiger partial charge in [-0.25, -0.2) is 4.98 Å². The van der Waals surface area contributed by atoms with E-state index in [0.717, 1.165) is 54.3 Å². The van der Waals surface area contributed by atoms with Gasteiger partial charge in [0.2, 0.25) is 0 Å². The largest absolute Gasteiger partial charge is 0.490 e. The molecule has 0 aliphatic carbocycles. The lowest BCUT2D eigenvalue weighted by atomic mass is 10.0. The summed E-state index contributed by atoms with van der Waals surface area (Å²) in [5.74, 6) is 1.57. The molecular formula is C21H22N4O2. The zero-order valence-electron chi connectivity index (χ0n) is 15.5. The summed E-state index contributed by atoms with van der Waals surface area (Å²) < 4.78 is 11.2. The molecule has 0 spiro atoms. The number of fused-ring (bicyclic) bond motifs is 1. The van der Waals surface area contributed by atoms with E-state index in [4.69, 9.17) is 14.5 Å². The second-order valence-corrected chi connectivity index (χ2v) is 6.86. The first-order valence-electron chi connectivity index (χ1n) is 9.17. The second-order valence-electron chi connectivity index (χ2n) is 6.86. The number of hydrogen-bond donors (Lipinski definition) is 1. The molecule has 0 bridgehead atoms. The number of nitrogens with zero attached hydrogens (tertiary/aromatic N) is 3. The van der Waals surface area contributed by atoms with Crippen LogP contribution in [0.1, 0.15) is 19.4 Å². The Morgan fingerprint density at radius 1 is 1.22 bits per heavy atom. The molecule has 0 radical (unpaired) electrons. The van der Waals surface area contributed by atoms with E-state index < -0.39 is 0 Å². The number of aromatic nitrogens is 2. The van der Waals surface area contributed by atoms with Crippen molar-refractivity contribution in [2.75, 3.05) is 31.2 Å². The van der Waals surface area contributed by atoms with Crippen LogP contribution in [0.3, 0.4) is 0 Å². The van der Waals surface area contributed by atoms with Crippen molar-refractivity contribution in [3.63, 3.8) is 0 Å². The number of morpholine rings is 1. The van der Waals surface area contributed by atoms with E-state index in [-0.39, 0.29) is 6.10 Å². The number of nitrogens with one attached hydrogen (secondary N) is 1. The Balaban J connectivity index is 1.71. The fourth-order valence-electron chi connectivity index (χ4n) is 3.34. The summed E-state index contributed by atoms with van der Waals surface area (Å²) in [6.45, 7) is 7.10. The van der Waals surface area contributed by atoms with Gasteiger partial charge in [-0.2, -0.15) is 5.26 Å². The van der Waals surface area contributed by atoms with Gasteiger partial charge in [-0.05, 0) is 43.7 Å². The number of pyridine rings is 1. The minimum Gasteiger partial charge on any atom is -0.490 e. The fraction of sp³-hybridized carbons (Fsp3) is 0.333. The molecule has 138 valence electrons. The predicted octanol–water partition coefficient (Wildman–Crippen LogP) is 3.73. The summed E-state index contributed by atoms with van der Waals surface area (Å²) in [5, 5.41) is 10.4. The van der Waals surface area contributed by atoms with Crippen LogP contribution in [0.2, 0.25) is 0 Å². The minimum absolute atomic E-state index is 0.00747. The number of anilines is 1. The van der Waals surface area contributed by atoms with E-state index in [1.807, 2.05) is 32.2 Å². The molecule has 3 heterocycles. The zero-order chi connectivity index (χ0) is 18.8. The topological polar surface area (TPSA) is 74.2 Å². The highest BCUT2D eigenvalue weighted by Crippen LogP contribution is 2.33. The molecule has 0 unspecified atom stereocenters. The zero-order valence-corrected chi connectivity index (χ0v) is 15.5. The van der Waals surface area contributed by atoms with Gasteiger partial charge in [0.05, 0.1) is 24.9 Å². The van der Waals surface area contributed by atoms with Gasteiger partial charge in [-0.3, -0.25) is 0 Å². The maximum atomic E-state index is 9.32. The molecule has 1 fully saturated rings. The average Bonchev–Trinajstić information content (AvgIpc) is 3.11. The highest BCUT2D eigenvalue weighted by Gasteiger charge is 2.15. The van der Waals surface area contributed by atoms with E-state index in [9.17, 15) is 5.26 Å². The Morgan fingerprint density at radius 3 is 2.78 bits per heavy atom. The number of ether oxygens (including phenoxy) is 2. The first-order valence-corrected chi connectivity index (χ1v) is 9.17. The smallest absolute Gasteiger partial charge is 0.140 e. The third-order valence-corrected chi connectivity index (χ3v) is 4.63. The van der Waals surface area contributed by atoms with Gasteiger partial charge in [0.1, 0.15) is 23.3 Å². The van der Waals surface area contributed by atoms with E-state index in [0.29, 0.717) is 11.3 Å². The van der Waals surface area contributed by atoms with Crippen LogP contribution in [0.5, 0.6) is 5.75 Å². The molecule has 3 aromatic rings. The molecule has 0 atom stereocenters. The molecule has 0 amide bonds. The lowest BCUT2D eigenvalue weighted by molar-refractivity contribution is 0.122. The van der Waals surface area contributed by atoms with Crippen LogP contribution in [0, 0.1) is 11.3 Å². The summed E-state index contributed by atoms with van der Waals surface area (Å²) in [5.41, 5.74) is 3.44. The van der Waals surface area contributed by atoms with Gasteiger partial charge in [0, 0.05) is 30.2 Å². The molecule has 6 heteroatoms. The van der Waals surface area contributed by atoms with Crippen LogP contribution in [0.4, 0.5) is 5.82 Å². The Kier molecular flexibility index (Phi) is 4.69. The Morgan fingerprint density at radius 2 is 2.04 bits per heavy atom. The maximum Gasteiger partial charge on any atom is 0.140 e. The standard InChI is InChI=1S/C21H22N4O2/c1-14(2)27-19-11-15(3-4-16(19)12-22)18-13-23-21-17(18)5-6-20(24-21)25-7-9-26-10-8-25/h3-6,11,13-14H,7-10H2,1-2H3,(H,23,24). The van der Waals surface area contributed by atoms with Gasteiger partial charge >= 0.3 is 0 Å². The third-order valence-electron chi connectivity index (χ3n) is 4.63. The number of nitriles is 1. The monoisotopic (exact) mass is 362 g/mol. The second kappa shape index (κ2) is 7.29. The summed E-state index contributed by atoms with van der Waals surface area (Å²) in [4.78, 5) is 10.3. The molecular weight excluding hydrogens is 340 g/mol. The first kappa shape index (κ1) is 17.4. The van der Waals surface area contributed by atoms with Crippen LogP contribution in [0.15, 0.2) is 36.5 Å². The van der Waals surface area contributed by atoms with Crippen molar-refractivity contribution in [3.8, 4) is 22.9 Å². The van der Waals surface area contributed by atoms with Crippen LogP contribution in [0.25, 0.3) is 22.2 Å². The van der Waals surface area contributed by atoms with Gasteiger partial charge in [-0.1, -0.05) is 6.07 Å². The van der Waals surface area contributed by atoms with Crippen molar-refractivity contribution >= 4 is 16.9 Å². The Hall–Kier alpha value is -3.04. The van der Waals surface area contributed by atoms with E-state index in [1.165, 1.54) is 0 Å². The van der Waals surface area contributed by atoms with Gasteiger partial charge in [0.15, 0.2) is 0 Å². The molecule has 6 nitrogen and oxygen atoms in total. The summed E-state index contributed by atoms with van der Waals surface area (Å²) in [6.07, 6.45) is 1.97. The number of hydrogen-bond acceptors (Lipinski definition) is 5. The van der Waals surface area contributed by atoms with Crippen LogP contribution < -0.4 is 9.64 Å². The normalized spacial score (nSPS) is 14.5. The molecule has 2 aromatic heterocycles. The molecule has 1 N–H and O–H groups in total. The van der Waals surface area contributed by atoms with Crippen LogP contribution in [-0.4, -0.2) is 42.4 Å². The highest BCUT2D eigenvalue weighted by atomic mass is 16.5. The van der Waals surface area contributed by atoms with Gasteiger partial charge in [0.25, 0.3) is 0 Å². The fourth-order valence-corrected chi connectivity index (χ4v) is 3.34. The SMILES string of the molecule is CC(C)Oc1cc(-c2c[nH]c3nc(N4CCOCC4)ccc23)ccc1C#N.